The van der Waals surface area contributed by atoms with Crippen LogP contribution in [0.1, 0.15) is 36.0 Å². The number of alkyl halides is 2. The molecule has 0 unspecified atom stereocenters. The molecule has 32 heavy (non-hydrogen) atoms. The molecule has 3 atom stereocenters. The maximum atomic E-state index is 14.2. The molecule has 4 heterocycles. The second-order valence-electron chi connectivity index (χ2n) is 8.09. The molecule has 2 aliphatic rings. The van der Waals surface area contributed by atoms with Gasteiger partial charge in [0.15, 0.2) is 5.82 Å². The number of rotatable bonds is 4. The zero-order valence-corrected chi connectivity index (χ0v) is 17.1. The van der Waals surface area contributed by atoms with Crippen LogP contribution >= 0.6 is 0 Å². The first-order chi connectivity index (χ1) is 15.3. The Morgan fingerprint density at radius 1 is 1.22 bits per heavy atom. The largest absolute Gasteiger partial charge is 0.370 e. The molecule has 8 nitrogen and oxygen atoms in total. The molecule has 0 spiro atoms. The van der Waals surface area contributed by atoms with Crippen LogP contribution in [0.25, 0.3) is 11.6 Å². The topological polar surface area (TPSA) is 87.0 Å². The van der Waals surface area contributed by atoms with Crippen molar-refractivity contribution in [2.24, 2.45) is 12.8 Å². The average Bonchev–Trinajstić information content (AvgIpc) is 3.46. The lowest BCUT2D eigenvalue weighted by Crippen LogP contribution is -2.47. The van der Waals surface area contributed by atoms with Gasteiger partial charge < -0.3 is 15.0 Å². The van der Waals surface area contributed by atoms with Crippen LogP contribution in [-0.2, 0) is 24.9 Å². The molecule has 0 aliphatic carbocycles. The molecule has 2 aliphatic heterocycles. The fourth-order valence-corrected chi connectivity index (χ4v) is 4.43. The molecule has 0 bridgehead atoms. The summed E-state index contributed by atoms with van der Waals surface area (Å²) in [5, 5.41) is 3.79. The van der Waals surface area contributed by atoms with Gasteiger partial charge in [-0.3, -0.25) is 4.90 Å². The highest BCUT2D eigenvalue weighted by atomic mass is 19.3. The van der Waals surface area contributed by atoms with Gasteiger partial charge in [-0.1, -0.05) is 0 Å². The summed E-state index contributed by atoms with van der Waals surface area (Å²) < 4.78 is 61.5. The average molecular weight is 451 g/mol. The predicted octanol–water partition coefficient (Wildman–Crippen LogP) is 2.53. The van der Waals surface area contributed by atoms with Crippen LogP contribution in [0.5, 0.6) is 0 Å². The second kappa shape index (κ2) is 7.94. The SMILES string of the molecule is Cn1c(-c2ncn(C(F)F)n2)nc2c1CN([C@H]1CO[C@H](c3cc(F)ccc3F)[C@@H](N)C1)C2. The van der Waals surface area contributed by atoms with Crippen LogP contribution < -0.4 is 5.73 Å². The van der Waals surface area contributed by atoms with Crippen molar-refractivity contribution in [3.05, 3.63) is 53.1 Å². The van der Waals surface area contributed by atoms with Crippen LogP contribution in [0, 0.1) is 11.6 Å². The first-order valence-corrected chi connectivity index (χ1v) is 10.1. The molecule has 5 rings (SSSR count). The van der Waals surface area contributed by atoms with Crippen molar-refractivity contribution in [1.29, 1.82) is 0 Å². The van der Waals surface area contributed by atoms with Crippen LogP contribution in [0.15, 0.2) is 24.5 Å². The summed E-state index contributed by atoms with van der Waals surface area (Å²) in [6.45, 7) is -1.36. The minimum Gasteiger partial charge on any atom is -0.370 e. The number of hydrogen-bond acceptors (Lipinski definition) is 6. The van der Waals surface area contributed by atoms with E-state index in [4.69, 9.17) is 10.5 Å². The lowest BCUT2D eigenvalue weighted by molar-refractivity contribution is -0.0534. The Hall–Kier alpha value is -2.83. The van der Waals surface area contributed by atoms with Gasteiger partial charge in [0.05, 0.1) is 18.0 Å². The monoisotopic (exact) mass is 451 g/mol. The number of ether oxygens (including phenoxy) is 1. The fourth-order valence-electron chi connectivity index (χ4n) is 4.43. The first-order valence-electron chi connectivity index (χ1n) is 10.1. The maximum Gasteiger partial charge on any atom is 0.334 e. The normalized spacial score (nSPS) is 23.8. The lowest BCUT2D eigenvalue weighted by atomic mass is 9.93. The van der Waals surface area contributed by atoms with Crippen LogP contribution in [0.2, 0.25) is 0 Å². The molecule has 2 N–H and O–H groups in total. The van der Waals surface area contributed by atoms with Gasteiger partial charge in [0.2, 0.25) is 5.82 Å². The molecular formula is C20H21F4N7O. The van der Waals surface area contributed by atoms with Crippen LogP contribution in [0.4, 0.5) is 17.6 Å². The zero-order chi connectivity index (χ0) is 22.6. The first kappa shape index (κ1) is 21.0. The molecule has 12 heteroatoms. The Kier molecular flexibility index (Phi) is 5.22. The summed E-state index contributed by atoms with van der Waals surface area (Å²) in [7, 11) is 1.79. The van der Waals surface area contributed by atoms with E-state index in [0.29, 0.717) is 36.6 Å². The minimum atomic E-state index is -2.76. The number of halogens is 4. The van der Waals surface area contributed by atoms with Crippen molar-refractivity contribution in [3.8, 4) is 11.6 Å². The van der Waals surface area contributed by atoms with Gasteiger partial charge >= 0.3 is 6.55 Å². The quantitative estimate of drug-likeness (QED) is 0.614. The molecule has 170 valence electrons. The van der Waals surface area contributed by atoms with Crippen LogP contribution in [0.3, 0.4) is 0 Å². The van der Waals surface area contributed by atoms with Gasteiger partial charge in [-0.05, 0) is 24.6 Å². The second-order valence-corrected chi connectivity index (χ2v) is 8.09. The van der Waals surface area contributed by atoms with Gasteiger partial charge in [0.1, 0.15) is 24.1 Å². The summed E-state index contributed by atoms with van der Waals surface area (Å²) in [5.41, 5.74) is 8.15. The van der Waals surface area contributed by atoms with Crippen LogP contribution in [-0.4, -0.2) is 47.9 Å². The minimum absolute atomic E-state index is 0.0216. The Bertz CT molecular complexity index is 1150. The van der Waals surface area contributed by atoms with E-state index >= 15 is 0 Å². The fraction of sp³-hybridized carbons (Fsp3) is 0.450. The Morgan fingerprint density at radius 2 is 2.03 bits per heavy atom. The van der Waals surface area contributed by atoms with Gasteiger partial charge in [-0.2, -0.15) is 13.5 Å². The number of nitrogens with zero attached hydrogens (tertiary/aromatic N) is 6. The Morgan fingerprint density at radius 3 is 2.72 bits per heavy atom. The number of benzene rings is 1. The molecule has 1 saturated heterocycles. The van der Waals surface area contributed by atoms with E-state index in [-0.39, 0.29) is 17.4 Å². The number of imidazole rings is 1. The van der Waals surface area contributed by atoms with Gasteiger partial charge in [-0.15, -0.1) is 5.10 Å². The van der Waals surface area contributed by atoms with Crippen molar-refractivity contribution in [1.82, 2.24) is 29.2 Å². The molecule has 1 fully saturated rings. The maximum absolute atomic E-state index is 14.2. The molecule has 2 aromatic heterocycles. The van der Waals surface area contributed by atoms with Gasteiger partial charge in [0.25, 0.3) is 0 Å². The van der Waals surface area contributed by atoms with E-state index in [1.807, 2.05) is 0 Å². The van der Waals surface area contributed by atoms with Crippen molar-refractivity contribution < 1.29 is 22.3 Å². The summed E-state index contributed by atoms with van der Waals surface area (Å²) in [5.74, 6) is -0.522. The third kappa shape index (κ3) is 3.57. The summed E-state index contributed by atoms with van der Waals surface area (Å²) >= 11 is 0. The van der Waals surface area contributed by atoms with E-state index in [1.54, 1.807) is 11.6 Å². The Balaban J connectivity index is 1.28. The van der Waals surface area contributed by atoms with Gasteiger partial charge in [-0.25, -0.2) is 18.7 Å². The third-order valence-electron chi connectivity index (χ3n) is 6.09. The highest BCUT2D eigenvalue weighted by molar-refractivity contribution is 5.46. The highest BCUT2D eigenvalue weighted by Crippen LogP contribution is 2.35. The smallest absolute Gasteiger partial charge is 0.334 e. The summed E-state index contributed by atoms with van der Waals surface area (Å²) in [4.78, 5) is 10.6. The number of fused-ring (bicyclic) bond motifs is 1. The molecule has 0 saturated carbocycles. The van der Waals surface area contributed by atoms with E-state index in [0.717, 1.165) is 35.9 Å². The number of hydrogen-bond donors (Lipinski definition) is 1. The lowest BCUT2D eigenvalue weighted by Gasteiger charge is -2.38. The predicted molar refractivity (Wildman–Crippen MR) is 104 cm³/mol. The highest BCUT2D eigenvalue weighted by Gasteiger charge is 2.38. The molecule has 1 aromatic carbocycles. The van der Waals surface area contributed by atoms with E-state index in [1.165, 1.54) is 0 Å². The number of nitrogens with two attached hydrogens (primary N) is 1. The molecule has 0 amide bonds. The molecule has 3 aromatic rings. The van der Waals surface area contributed by atoms with Crippen molar-refractivity contribution in [2.45, 2.75) is 44.2 Å². The zero-order valence-electron chi connectivity index (χ0n) is 17.1. The van der Waals surface area contributed by atoms with E-state index in [2.05, 4.69) is 20.0 Å². The summed E-state index contributed by atoms with van der Waals surface area (Å²) in [6, 6.07) is 2.74. The van der Waals surface area contributed by atoms with E-state index < -0.39 is 30.3 Å². The Labute approximate surface area is 180 Å². The van der Waals surface area contributed by atoms with Crippen molar-refractivity contribution >= 4 is 0 Å². The molecular weight excluding hydrogens is 430 g/mol. The number of aromatic nitrogens is 5. The summed E-state index contributed by atoms with van der Waals surface area (Å²) in [6.07, 6.45) is 0.805. The molecule has 0 radical (unpaired) electrons. The van der Waals surface area contributed by atoms with E-state index in [9.17, 15) is 17.6 Å². The third-order valence-corrected chi connectivity index (χ3v) is 6.09. The standard InChI is InChI=1S/C20H21F4N7O/c1-29-16-7-30(6-15(16)27-19(29)18-26-9-31(28-18)20(23)24)11-5-14(25)17(32-8-11)12-4-10(21)2-3-13(12)22/h2-4,9,11,14,17,20H,5-8,25H2,1H3/t11-,14+,17-/m1/s1. The van der Waals surface area contributed by atoms with Crippen molar-refractivity contribution in [2.75, 3.05) is 6.61 Å². The van der Waals surface area contributed by atoms with Crippen molar-refractivity contribution in [3.63, 3.8) is 0 Å². The van der Waals surface area contributed by atoms with Gasteiger partial charge in [0, 0.05) is 37.8 Å².